The number of aliphatic hydroxyl groups is 1. The van der Waals surface area contributed by atoms with E-state index in [1.54, 1.807) is 6.08 Å². The fourth-order valence-corrected chi connectivity index (χ4v) is 1.37. The molecular weight excluding hydrogens is 219 g/mol. The third-order valence-electron chi connectivity index (χ3n) is 2.31. The van der Waals surface area contributed by atoms with Gasteiger partial charge < -0.3 is 10.4 Å². The maximum absolute atomic E-state index is 12.6. The number of nitrogens with one attached hydrogen (secondary N) is 1. The van der Waals surface area contributed by atoms with Crippen molar-refractivity contribution >= 4 is 0 Å². The first-order chi connectivity index (χ1) is 7.41. The summed E-state index contributed by atoms with van der Waals surface area (Å²) in [6.07, 6.45) is -0.557. The number of unbranched alkanes of at least 4 members (excludes halogenated alkanes) is 2. The van der Waals surface area contributed by atoms with Crippen LogP contribution in [0.4, 0.5) is 13.2 Å². The van der Waals surface area contributed by atoms with E-state index in [4.69, 9.17) is 5.11 Å². The predicted molar refractivity (Wildman–Crippen MR) is 58.2 cm³/mol. The van der Waals surface area contributed by atoms with Crippen LogP contribution >= 0.6 is 0 Å². The molecule has 2 N–H and O–H groups in total. The average Bonchev–Trinajstić information content (AvgIpc) is 2.20. The number of hydrogen-bond donors (Lipinski definition) is 2. The van der Waals surface area contributed by atoms with Gasteiger partial charge in [-0.1, -0.05) is 12.5 Å². The molecule has 2 atom stereocenters. The standard InChI is InChI=1S/C11H20F3NO/c1-3-4-5-6-7-10(11(12,13)14)15-9(2)8-16/h3,9-10,15-16H,1,4-8H2,2H3. The Morgan fingerprint density at radius 2 is 2.00 bits per heavy atom. The Bertz CT molecular complexity index is 194. The summed E-state index contributed by atoms with van der Waals surface area (Å²) in [7, 11) is 0. The Labute approximate surface area is 94.5 Å². The average molecular weight is 239 g/mol. The normalized spacial score (nSPS) is 15.8. The molecule has 0 spiro atoms. The molecule has 2 unspecified atom stereocenters. The molecule has 0 radical (unpaired) electrons. The first-order valence-corrected chi connectivity index (χ1v) is 5.46. The zero-order valence-corrected chi connectivity index (χ0v) is 9.56. The Morgan fingerprint density at radius 1 is 1.38 bits per heavy atom. The van der Waals surface area contributed by atoms with Crippen LogP contribution in [0.3, 0.4) is 0 Å². The number of halogens is 3. The van der Waals surface area contributed by atoms with E-state index in [-0.39, 0.29) is 13.0 Å². The summed E-state index contributed by atoms with van der Waals surface area (Å²) in [6, 6.07) is -2.06. The van der Waals surface area contributed by atoms with E-state index in [1.165, 1.54) is 6.92 Å². The zero-order valence-electron chi connectivity index (χ0n) is 9.56. The van der Waals surface area contributed by atoms with Crippen molar-refractivity contribution in [2.24, 2.45) is 0 Å². The summed E-state index contributed by atoms with van der Waals surface area (Å²) in [6.45, 7) is 4.75. The monoisotopic (exact) mass is 239 g/mol. The lowest BCUT2D eigenvalue weighted by molar-refractivity contribution is -0.159. The highest BCUT2D eigenvalue weighted by atomic mass is 19.4. The van der Waals surface area contributed by atoms with Gasteiger partial charge in [0.2, 0.25) is 0 Å². The van der Waals surface area contributed by atoms with Crippen molar-refractivity contribution in [3.05, 3.63) is 12.7 Å². The van der Waals surface area contributed by atoms with Crippen LogP contribution in [0.15, 0.2) is 12.7 Å². The van der Waals surface area contributed by atoms with Crippen LogP contribution in [0.5, 0.6) is 0 Å². The highest BCUT2D eigenvalue weighted by Crippen LogP contribution is 2.24. The molecule has 0 rings (SSSR count). The molecule has 0 amide bonds. The van der Waals surface area contributed by atoms with Crippen LogP contribution in [0, 0.1) is 0 Å². The van der Waals surface area contributed by atoms with Crippen LogP contribution in [0.1, 0.15) is 32.6 Å². The lowest BCUT2D eigenvalue weighted by Gasteiger charge is -2.24. The summed E-state index contributed by atoms with van der Waals surface area (Å²) >= 11 is 0. The van der Waals surface area contributed by atoms with Gasteiger partial charge in [-0.05, 0) is 26.2 Å². The van der Waals surface area contributed by atoms with E-state index in [0.29, 0.717) is 12.8 Å². The Morgan fingerprint density at radius 3 is 2.44 bits per heavy atom. The number of allylic oxidation sites excluding steroid dienone is 1. The van der Waals surface area contributed by atoms with Gasteiger partial charge in [-0.15, -0.1) is 6.58 Å². The van der Waals surface area contributed by atoms with Crippen molar-refractivity contribution in [3.8, 4) is 0 Å². The predicted octanol–water partition coefficient (Wildman–Crippen LogP) is 2.63. The van der Waals surface area contributed by atoms with Gasteiger partial charge in [0.1, 0.15) is 6.04 Å². The van der Waals surface area contributed by atoms with Gasteiger partial charge in [0.25, 0.3) is 0 Å². The molecule has 96 valence electrons. The Hall–Kier alpha value is -0.550. The van der Waals surface area contributed by atoms with Gasteiger partial charge in [0, 0.05) is 6.04 Å². The molecular formula is C11H20F3NO. The minimum Gasteiger partial charge on any atom is -0.395 e. The van der Waals surface area contributed by atoms with E-state index >= 15 is 0 Å². The van der Waals surface area contributed by atoms with Crippen LogP contribution in [-0.2, 0) is 0 Å². The lowest BCUT2D eigenvalue weighted by atomic mass is 10.1. The number of aliphatic hydroxyl groups excluding tert-OH is 1. The fourth-order valence-electron chi connectivity index (χ4n) is 1.37. The minimum absolute atomic E-state index is 0.0433. The van der Waals surface area contributed by atoms with Crippen molar-refractivity contribution in [3.63, 3.8) is 0 Å². The smallest absolute Gasteiger partial charge is 0.395 e. The van der Waals surface area contributed by atoms with Gasteiger partial charge >= 0.3 is 6.18 Å². The molecule has 0 saturated carbocycles. The van der Waals surface area contributed by atoms with Crippen molar-refractivity contribution in [1.29, 1.82) is 0 Å². The van der Waals surface area contributed by atoms with Gasteiger partial charge in [-0.25, -0.2) is 0 Å². The third-order valence-corrected chi connectivity index (χ3v) is 2.31. The van der Waals surface area contributed by atoms with Gasteiger partial charge in [-0.2, -0.15) is 13.2 Å². The van der Waals surface area contributed by atoms with E-state index in [2.05, 4.69) is 11.9 Å². The second kappa shape index (κ2) is 7.68. The molecule has 0 bridgehead atoms. The van der Waals surface area contributed by atoms with Gasteiger partial charge in [0.05, 0.1) is 6.61 Å². The largest absolute Gasteiger partial charge is 0.403 e. The molecule has 0 aliphatic heterocycles. The molecule has 0 heterocycles. The maximum Gasteiger partial charge on any atom is 0.403 e. The van der Waals surface area contributed by atoms with Crippen LogP contribution < -0.4 is 5.32 Å². The summed E-state index contributed by atoms with van der Waals surface area (Å²) in [5, 5.41) is 11.1. The summed E-state index contributed by atoms with van der Waals surface area (Å²) < 4.78 is 37.7. The summed E-state index contributed by atoms with van der Waals surface area (Å²) in [5.74, 6) is 0. The van der Waals surface area contributed by atoms with Crippen molar-refractivity contribution < 1.29 is 18.3 Å². The molecule has 2 nitrogen and oxygen atoms in total. The van der Waals surface area contributed by atoms with Crippen molar-refractivity contribution in [2.75, 3.05) is 6.61 Å². The number of hydrogen-bond acceptors (Lipinski definition) is 2. The maximum atomic E-state index is 12.6. The third kappa shape index (κ3) is 6.85. The zero-order chi connectivity index (χ0) is 12.6. The second-order valence-corrected chi connectivity index (χ2v) is 3.92. The van der Waals surface area contributed by atoms with Crippen LogP contribution in [-0.4, -0.2) is 30.0 Å². The van der Waals surface area contributed by atoms with E-state index < -0.39 is 18.3 Å². The lowest BCUT2D eigenvalue weighted by Crippen LogP contribution is -2.47. The number of rotatable bonds is 8. The molecule has 0 aromatic carbocycles. The Kier molecular flexibility index (Phi) is 7.42. The molecule has 0 saturated heterocycles. The SMILES string of the molecule is C=CCCCCC(NC(C)CO)C(F)(F)F. The Balaban J connectivity index is 4.06. The summed E-state index contributed by atoms with van der Waals surface area (Å²) in [4.78, 5) is 0. The molecule has 0 fully saturated rings. The molecule has 16 heavy (non-hydrogen) atoms. The molecule has 0 aliphatic rings. The van der Waals surface area contributed by atoms with E-state index in [1.807, 2.05) is 0 Å². The topological polar surface area (TPSA) is 32.3 Å². The van der Waals surface area contributed by atoms with Gasteiger partial charge in [-0.3, -0.25) is 0 Å². The highest BCUT2D eigenvalue weighted by molar-refractivity contribution is 4.78. The second-order valence-electron chi connectivity index (χ2n) is 3.92. The highest BCUT2D eigenvalue weighted by Gasteiger charge is 2.39. The van der Waals surface area contributed by atoms with Crippen molar-refractivity contribution in [2.45, 2.75) is 50.9 Å². The van der Waals surface area contributed by atoms with Gasteiger partial charge in [0.15, 0.2) is 0 Å². The fraction of sp³-hybridized carbons (Fsp3) is 0.818. The number of alkyl halides is 3. The first-order valence-electron chi connectivity index (χ1n) is 5.46. The first kappa shape index (κ1) is 15.4. The molecule has 5 heteroatoms. The molecule has 0 aromatic rings. The minimum atomic E-state index is -4.25. The van der Waals surface area contributed by atoms with E-state index in [0.717, 1.165) is 6.42 Å². The van der Waals surface area contributed by atoms with Crippen molar-refractivity contribution in [1.82, 2.24) is 5.32 Å². The van der Waals surface area contributed by atoms with E-state index in [9.17, 15) is 13.2 Å². The van der Waals surface area contributed by atoms with Crippen LogP contribution in [0.25, 0.3) is 0 Å². The molecule has 0 aromatic heterocycles. The quantitative estimate of drug-likeness (QED) is 0.504. The molecule has 0 aliphatic carbocycles. The van der Waals surface area contributed by atoms with Crippen LogP contribution in [0.2, 0.25) is 0 Å². The summed E-state index contributed by atoms with van der Waals surface area (Å²) in [5.41, 5.74) is 0.